The lowest BCUT2D eigenvalue weighted by Crippen LogP contribution is -2.43. The number of benzene rings is 1. The summed E-state index contributed by atoms with van der Waals surface area (Å²) in [6.45, 7) is 3.88. The van der Waals surface area contributed by atoms with E-state index in [0.717, 1.165) is 18.5 Å². The topological polar surface area (TPSA) is 49.8 Å². The molecule has 0 aromatic heterocycles. The highest BCUT2D eigenvalue weighted by atomic mass is 35.5. The van der Waals surface area contributed by atoms with Crippen LogP contribution in [0.3, 0.4) is 0 Å². The molecule has 1 saturated heterocycles. The third-order valence-electron chi connectivity index (χ3n) is 3.72. The quantitative estimate of drug-likeness (QED) is 0.877. The lowest BCUT2D eigenvalue weighted by atomic mass is 10.0. The predicted octanol–water partition coefficient (Wildman–Crippen LogP) is 2.79. The molecule has 2 atom stereocenters. The van der Waals surface area contributed by atoms with Crippen LogP contribution in [0.4, 0.5) is 4.39 Å². The van der Waals surface area contributed by atoms with Gasteiger partial charge >= 0.3 is 5.97 Å². The first-order chi connectivity index (χ1) is 10.0. The average molecular weight is 316 g/mol. The van der Waals surface area contributed by atoms with E-state index in [-0.39, 0.29) is 17.7 Å². The fourth-order valence-electron chi connectivity index (χ4n) is 2.66. The molecular weight excluding hydrogens is 297 g/mol. The van der Waals surface area contributed by atoms with E-state index in [2.05, 4.69) is 4.90 Å². The normalized spacial score (nSPS) is 21.9. The van der Waals surface area contributed by atoms with Crippen LogP contribution >= 0.6 is 11.6 Å². The van der Waals surface area contributed by atoms with Crippen molar-refractivity contribution < 1.29 is 19.0 Å². The largest absolute Gasteiger partial charge is 0.481 e. The molecule has 2 unspecified atom stereocenters. The molecule has 1 aliphatic heterocycles. The molecule has 1 aromatic rings. The Balaban J connectivity index is 2.14. The van der Waals surface area contributed by atoms with Crippen molar-refractivity contribution in [2.45, 2.75) is 25.9 Å². The molecule has 1 aliphatic rings. The van der Waals surface area contributed by atoms with Crippen molar-refractivity contribution in [3.63, 3.8) is 0 Å². The number of rotatable bonds is 6. The van der Waals surface area contributed by atoms with E-state index in [9.17, 15) is 14.3 Å². The average Bonchev–Trinajstić information content (AvgIpc) is 2.92. The molecule has 1 fully saturated rings. The molecule has 6 heteroatoms. The number of hydrogen-bond donors (Lipinski definition) is 1. The number of carboxylic acids is 1. The Morgan fingerprint density at radius 1 is 1.52 bits per heavy atom. The van der Waals surface area contributed by atoms with Crippen LogP contribution in [0.2, 0.25) is 5.02 Å². The van der Waals surface area contributed by atoms with Gasteiger partial charge in [-0.2, -0.15) is 0 Å². The molecule has 0 radical (unpaired) electrons. The van der Waals surface area contributed by atoms with Gasteiger partial charge in [-0.05, 0) is 30.7 Å². The first-order valence-electron chi connectivity index (χ1n) is 7.01. The second kappa shape index (κ2) is 7.20. The summed E-state index contributed by atoms with van der Waals surface area (Å²) < 4.78 is 18.8. The smallest absolute Gasteiger partial charge is 0.310 e. The van der Waals surface area contributed by atoms with Crippen LogP contribution in [-0.2, 0) is 16.1 Å². The lowest BCUT2D eigenvalue weighted by Gasteiger charge is -2.30. The van der Waals surface area contributed by atoms with Crippen molar-refractivity contribution in [2.24, 2.45) is 5.92 Å². The summed E-state index contributed by atoms with van der Waals surface area (Å²) in [6, 6.07) is 4.51. The third-order valence-corrected chi connectivity index (χ3v) is 4.02. The maximum Gasteiger partial charge on any atom is 0.310 e. The molecule has 116 valence electrons. The van der Waals surface area contributed by atoms with Gasteiger partial charge in [0.2, 0.25) is 0 Å². The van der Waals surface area contributed by atoms with Crippen LogP contribution in [0.15, 0.2) is 18.2 Å². The molecule has 2 rings (SSSR count). The Kier molecular flexibility index (Phi) is 5.56. The minimum absolute atomic E-state index is 0.0911. The molecule has 21 heavy (non-hydrogen) atoms. The van der Waals surface area contributed by atoms with Crippen LogP contribution in [0, 0.1) is 11.7 Å². The van der Waals surface area contributed by atoms with Gasteiger partial charge in [0.25, 0.3) is 0 Å². The van der Waals surface area contributed by atoms with E-state index in [4.69, 9.17) is 16.3 Å². The Morgan fingerprint density at radius 3 is 2.90 bits per heavy atom. The zero-order valence-electron chi connectivity index (χ0n) is 11.9. The maximum atomic E-state index is 13.5. The van der Waals surface area contributed by atoms with E-state index >= 15 is 0 Å². The minimum atomic E-state index is -0.846. The highest BCUT2D eigenvalue weighted by molar-refractivity contribution is 6.30. The number of aliphatic carboxylic acids is 1. The Labute approximate surface area is 128 Å². The van der Waals surface area contributed by atoms with Crippen LogP contribution in [0.5, 0.6) is 0 Å². The van der Waals surface area contributed by atoms with Crippen LogP contribution in [-0.4, -0.2) is 41.8 Å². The standard InChI is InChI=1S/C15H19ClFNO3/c1-2-5-18(14-9-21-8-11(14)15(19)20)7-10-3-4-12(16)13(17)6-10/h3-4,6,11,14H,2,5,7-9H2,1H3,(H,19,20). The number of halogens is 2. The van der Waals surface area contributed by atoms with Gasteiger partial charge in [-0.15, -0.1) is 0 Å². The highest BCUT2D eigenvalue weighted by Gasteiger charge is 2.37. The van der Waals surface area contributed by atoms with Gasteiger partial charge in [0, 0.05) is 12.6 Å². The summed E-state index contributed by atoms with van der Waals surface area (Å²) >= 11 is 5.68. The second-order valence-electron chi connectivity index (χ2n) is 5.27. The van der Waals surface area contributed by atoms with Gasteiger partial charge in [-0.3, -0.25) is 9.69 Å². The Morgan fingerprint density at radius 2 is 2.29 bits per heavy atom. The molecule has 0 saturated carbocycles. The van der Waals surface area contributed by atoms with E-state index in [1.165, 1.54) is 12.1 Å². The summed E-state index contributed by atoms with van der Waals surface area (Å²) in [6.07, 6.45) is 0.888. The van der Waals surface area contributed by atoms with Gasteiger partial charge in [0.1, 0.15) is 5.82 Å². The second-order valence-corrected chi connectivity index (χ2v) is 5.68. The number of carboxylic acid groups (broad SMARTS) is 1. The van der Waals surface area contributed by atoms with Crippen molar-refractivity contribution in [2.75, 3.05) is 19.8 Å². The van der Waals surface area contributed by atoms with E-state index in [1.54, 1.807) is 6.07 Å². The Hall–Kier alpha value is -1.17. The molecular formula is C15H19ClFNO3. The molecule has 0 aliphatic carbocycles. The lowest BCUT2D eigenvalue weighted by molar-refractivity contribution is -0.143. The minimum Gasteiger partial charge on any atom is -0.481 e. The molecule has 0 amide bonds. The summed E-state index contributed by atoms with van der Waals surface area (Å²) in [5, 5.41) is 9.35. The van der Waals surface area contributed by atoms with Crippen molar-refractivity contribution in [1.82, 2.24) is 4.90 Å². The molecule has 1 aromatic carbocycles. The zero-order chi connectivity index (χ0) is 15.4. The number of carbonyl (C=O) groups is 1. The van der Waals surface area contributed by atoms with Gasteiger partial charge in [0.15, 0.2) is 0 Å². The maximum absolute atomic E-state index is 13.5. The monoisotopic (exact) mass is 315 g/mol. The molecule has 4 nitrogen and oxygen atoms in total. The highest BCUT2D eigenvalue weighted by Crippen LogP contribution is 2.23. The number of hydrogen-bond acceptors (Lipinski definition) is 3. The number of nitrogens with zero attached hydrogens (tertiary/aromatic N) is 1. The van der Waals surface area contributed by atoms with Crippen LogP contribution in [0.25, 0.3) is 0 Å². The van der Waals surface area contributed by atoms with Gasteiger partial charge in [-0.1, -0.05) is 24.6 Å². The van der Waals surface area contributed by atoms with E-state index in [1.807, 2.05) is 6.92 Å². The van der Waals surface area contributed by atoms with Crippen LogP contribution in [0.1, 0.15) is 18.9 Å². The SMILES string of the molecule is CCCN(Cc1ccc(Cl)c(F)c1)C1COCC1C(=O)O. The molecule has 1 heterocycles. The van der Waals surface area contributed by atoms with Gasteiger partial charge < -0.3 is 9.84 Å². The third kappa shape index (κ3) is 3.93. The Bertz CT molecular complexity index is 512. The molecule has 1 N–H and O–H groups in total. The van der Waals surface area contributed by atoms with Gasteiger partial charge in [0.05, 0.1) is 24.2 Å². The number of ether oxygens (including phenoxy) is 1. The van der Waals surface area contributed by atoms with E-state index < -0.39 is 17.7 Å². The fraction of sp³-hybridized carbons (Fsp3) is 0.533. The molecule has 0 bridgehead atoms. The van der Waals surface area contributed by atoms with Gasteiger partial charge in [-0.25, -0.2) is 4.39 Å². The van der Waals surface area contributed by atoms with Crippen molar-refractivity contribution in [3.8, 4) is 0 Å². The first kappa shape index (κ1) is 16.2. The summed E-state index contributed by atoms with van der Waals surface area (Å²) in [4.78, 5) is 13.3. The van der Waals surface area contributed by atoms with Crippen molar-refractivity contribution in [3.05, 3.63) is 34.6 Å². The summed E-state index contributed by atoms with van der Waals surface area (Å²) in [5.74, 6) is -1.84. The summed E-state index contributed by atoms with van der Waals surface area (Å²) in [7, 11) is 0. The summed E-state index contributed by atoms with van der Waals surface area (Å²) in [5.41, 5.74) is 0.779. The fourth-order valence-corrected chi connectivity index (χ4v) is 2.78. The predicted molar refractivity (Wildman–Crippen MR) is 77.8 cm³/mol. The van der Waals surface area contributed by atoms with Crippen molar-refractivity contribution >= 4 is 17.6 Å². The van der Waals surface area contributed by atoms with Crippen LogP contribution < -0.4 is 0 Å². The van der Waals surface area contributed by atoms with Crippen molar-refractivity contribution in [1.29, 1.82) is 0 Å². The zero-order valence-corrected chi connectivity index (χ0v) is 12.6. The molecule has 0 spiro atoms. The first-order valence-corrected chi connectivity index (χ1v) is 7.39. The van der Waals surface area contributed by atoms with E-state index in [0.29, 0.717) is 13.2 Å².